The smallest absolute Gasteiger partial charge is 0.232 e. The molecule has 28 heavy (non-hydrogen) atoms. The molecular formula is C24H23NO3. The van der Waals surface area contributed by atoms with Crippen LogP contribution < -0.4 is 14.8 Å². The van der Waals surface area contributed by atoms with E-state index in [-0.39, 0.29) is 24.0 Å². The fourth-order valence-electron chi connectivity index (χ4n) is 3.47. The summed E-state index contributed by atoms with van der Waals surface area (Å²) in [5, 5.41) is 3.13. The molecule has 3 aromatic rings. The van der Waals surface area contributed by atoms with Crippen molar-refractivity contribution in [2.75, 3.05) is 6.61 Å². The molecule has 0 spiro atoms. The van der Waals surface area contributed by atoms with Gasteiger partial charge in [-0.15, -0.1) is 0 Å². The molecule has 2 atom stereocenters. The third-order valence-electron chi connectivity index (χ3n) is 4.99. The van der Waals surface area contributed by atoms with Gasteiger partial charge in [-0.2, -0.15) is 0 Å². The third-order valence-corrected chi connectivity index (χ3v) is 4.99. The van der Waals surface area contributed by atoms with E-state index in [0.29, 0.717) is 12.4 Å². The van der Waals surface area contributed by atoms with Gasteiger partial charge in [0.05, 0.1) is 12.0 Å². The molecule has 1 aliphatic rings. The Kier molecular flexibility index (Phi) is 5.29. The summed E-state index contributed by atoms with van der Waals surface area (Å²) in [4.78, 5) is 13.2. The summed E-state index contributed by atoms with van der Waals surface area (Å²) in [6.07, 6.45) is -0.244. The second-order valence-electron chi connectivity index (χ2n) is 6.97. The summed E-state index contributed by atoms with van der Waals surface area (Å²) < 4.78 is 11.8. The van der Waals surface area contributed by atoms with Gasteiger partial charge in [-0.05, 0) is 30.2 Å². The molecule has 0 saturated heterocycles. The van der Waals surface area contributed by atoms with Gasteiger partial charge in [-0.1, -0.05) is 72.8 Å². The fraction of sp³-hybridized carbons (Fsp3) is 0.208. The molecule has 4 rings (SSSR count). The van der Waals surface area contributed by atoms with Crippen molar-refractivity contribution in [1.82, 2.24) is 5.32 Å². The standard InChI is InChI=1S/C24H23NO3/c1-17(22-16-27-20-14-8-9-15-21(20)28-22)25-24(26)23(18-10-4-2-5-11-18)19-12-6-3-7-13-19/h2-15,17,22-23H,16H2,1H3,(H,25,26). The molecule has 1 N–H and O–H groups in total. The Morgan fingerprint density at radius 2 is 1.39 bits per heavy atom. The van der Waals surface area contributed by atoms with Gasteiger partial charge in [0, 0.05) is 0 Å². The van der Waals surface area contributed by atoms with Gasteiger partial charge in [0.25, 0.3) is 0 Å². The number of carbonyl (C=O) groups excluding carboxylic acids is 1. The van der Waals surface area contributed by atoms with Gasteiger partial charge in [-0.25, -0.2) is 0 Å². The van der Waals surface area contributed by atoms with Crippen molar-refractivity contribution in [3.8, 4) is 11.5 Å². The summed E-state index contributed by atoms with van der Waals surface area (Å²) in [7, 11) is 0. The summed E-state index contributed by atoms with van der Waals surface area (Å²) in [5.74, 6) is 1.03. The van der Waals surface area contributed by atoms with Gasteiger partial charge in [0.1, 0.15) is 6.61 Å². The van der Waals surface area contributed by atoms with E-state index in [9.17, 15) is 4.79 Å². The minimum absolute atomic E-state index is 0.0487. The molecule has 1 aliphatic heterocycles. The molecule has 0 saturated carbocycles. The van der Waals surface area contributed by atoms with Gasteiger partial charge in [0.15, 0.2) is 17.6 Å². The molecule has 4 nitrogen and oxygen atoms in total. The van der Waals surface area contributed by atoms with E-state index >= 15 is 0 Å². The lowest BCUT2D eigenvalue weighted by molar-refractivity contribution is -0.123. The first kappa shape index (κ1) is 18.1. The Morgan fingerprint density at radius 3 is 2.00 bits per heavy atom. The molecule has 0 fully saturated rings. The second kappa shape index (κ2) is 8.17. The summed E-state index contributed by atoms with van der Waals surface area (Å²) >= 11 is 0. The van der Waals surface area contributed by atoms with E-state index in [2.05, 4.69) is 5.32 Å². The van der Waals surface area contributed by atoms with Crippen LogP contribution in [0, 0.1) is 0 Å². The Bertz CT molecular complexity index is 887. The van der Waals surface area contributed by atoms with E-state index in [1.807, 2.05) is 91.9 Å². The molecule has 2 unspecified atom stereocenters. The number of hydrogen-bond donors (Lipinski definition) is 1. The zero-order chi connectivity index (χ0) is 19.3. The first-order valence-electron chi connectivity index (χ1n) is 9.51. The minimum atomic E-state index is -0.373. The SMILES string of the molecule is CC(NC(=O)C(c1ccccc1)c1ccccc1)C1COc2ccccc2O1. The molecule has 0 aromatic heterocycles. The Balaban J connectivity index is 1.52. The highest BCUT2D eigenvalue weighted by atomic mass is 16.6. The number of amides is 1. The van der Waals surface area contributed by atoms with Crippen LogP contribution in [0.5, 0.6) is 11.5 Å². The number of ether oxygens (including phenoxy) is 2. The zero-order valence-corrected chi connectivity index (χ0v) is 15.7. The number of fused-ring (bicyclic) bond motifs is 1. The van der Waals surface area contributed by atoms with E-state index in [0.717, 1.165) is 16.9 Å². The normalized spacial score (nSPS) is 16.4. The van der Waals surface area contributed by atoms with Gasteiger partial charge >= 0.3 is 0 Å². The number of hydrogen-bond acceptors (Lipinski definition) is 3. The van der Waals surface area contributed by atoms with E-state index in [1.54, 1.807) is 0 Å². The summed E-state index contributed by atoms with van der Waals surface area (Å²) in [6, 6.07) is 27.1. The van der Waals surface area contributed by atoms with Crippen LogP contribution in [0.2, 0.25) is 0 Å². The lowest BCUT2D eigenvalue weighted by atomic mass is 9.90. The highest BCUT2D eigenvalue weighted by Crippen LogP contribution is 2.32. The van der Waals surface area contributed by atoms with Gasteiger partial charge < -0.3 is 14.8 Å². The maximum atomic E-state index is 13.2. The zero-order valence-electron chi connectivity index (χ0n) is 15.7. The number of para-hydroxylation sites is 2. The van der Waals surface area contributed by atoms with Crippen molar-refractivity contribution < 1.29 is 14.3 Å². The maximum absolute atomic E-state index is 13.2. The average molecular weight is 373 g/mol. The first-order valence-corrected chi connectivity index (χ1v) is 9.51. The predicted molar refractivity (Wildman–Crippen MR) is 109 cm³/mol. The third kappa shape index (κ3) is 3.86. The van der Waals surface area contributed by atoms with Crippen LogP contribution in [-0.4, -0.2) is 24.7 Å². The Hall–Kier alpha value is -3.27. The van der Waals surface area contributed by atoms with Crippen LogP contribution in [0.25, 0.3) is 0 Å². The number of nitrogens with one attached hydrogen (secondary N) is 1. The van der Waals surface area contributed by atoms with Crippen LogP contribution in [-0.2, 0) is 4.79 Å². The highest BCUT2D eigenvalue weighted by molar-refractivity contribution is 5.87. The largest absolute Gasteiger partial charge is 0.486 e. The van der Waals surface area contributed by atoms with Gasteiger partial charge in [0.2, 0.25) is 5.91 Å². The number of carbonyl (C=O) groups is 1. The molecule has 0 bridgehead atoms. The quantitative estimate of drug-likeness (QED) is 0.730. The fourth-order valence-corrected chi connectivity index (χ4v) is 3.47. The van der Waals surface area contributed by atoms with E-state index in [4.69, 9.17) is 9.47 Å². The highest BCUT2D eigenvalue weighted by Gasteiger charge is 2.30. The van der Waals surface area contributed by atoms with Crippen LogP contribution in [0.3, 0.4) is 0 Å². The molecule has 142 valence electrons. The molecular weight excluding hydrogens is 350 g/mol. The predicted octanol–water partition coefficient (Wildman–Crippen LogP) is 4.16. The topological polar surface area (TPSA) is 47.6 Å². The number of benzene rings is 3. The molecule has 1 heterocycles. The minimum Gasteiger partial charge on any atom is -0.486 e. The summed E-state index contributed by atoms with van der Waals surface area (Å²) in [6.45, 7) is 2.35. The lowest BCUT2D eigenvalue weighted by Gasteiger charge is -2.31. The summed E-state index contributed by atoms with van der Waals surface area (Å²) in [5.41, 5.74) is 1.93. The van der Waals surface area contributed by atoms with E-state index in [1.165, 1.54) is 0 Å². The number of rotatable bonds is 5. The first-order chi connectivity index (χ1) is 13.7. The van der Waals surface area contributed by atoms with Crippen molar-refractivity contribution in [1.29, 1.82) is 0 Å². The van der Waals surface area contributed by atoms with Crippen molar-refractivity contribution in [3.63, 3.8) is 0 Å². The lowest BCUT2D eigenvalue weighted by Crippen LogP contribution is -2.49. The monoisotopic (exact) mass is 373 g/mol. The van der Waals surface area contributed by atoms with Crippen LogP contribution in [0.15, 0.2) is 84.9 Å². The Labute approximate surface area is 165 Å². The van der Waals surface area contributed by atoms with Crippen molar-refractivity contribution in [2.24, 2.45) is 0 Å². The van der Waals surface area contributed by atoms with E-state index < -0.39 is 0 Å². The van der Waals surface area contributed by atoms with Crippen LogP contribution in [0.4, 0.5) is 0 Å². The van der Waals surface area contributed by atoms with Gasteiger partial charge in [-0.3, -0.25) is 4.79 Å². The van der Waals surface area contributed by atoms with Crippen LogP contribution in [0.1, 0.15) is 24.0 Å². The molecule has 3 aromatic carbocycles. The van der Waals surface area contributed by atoms with Crippen LogP contribution >= 0.6 is 0 Å². The Morgan fingerprint density at radius 1 is 0.857 bits per heavy atom. The van der Waals surface area contributed by atoms with Crippen molar-refractivity contribution in [3.05, 3.63) is 96.1 Å². The molecule has 1 amide bonds. The average Bonchev–Trinajstić information content (AvgIpc) is 2.75. The van der Waals surface area contributed by atoms with Crippen molar-refractivity contribution in [2.45, 2.75) is 25.0 Å². The maximum Gasteiger partial charge on any atom is 0.232 e. The molecule has 0 radical (unpaired) electrons. The molecule has 4 heteroatoms. The second-order valence-corrected chi connectivity index (χ2v) is 6.97. The molecule has 0 aliphatic carbocycles. The van der Waals surface area contributed by atoms with Crippen molar-refractivity contribution >= 4 is 5.91 Å².